The van der Waals surface area contributed by atoms with Gasteiger partial charge in [-0.05, 0) is 38.1 Å². The molecule has 6 nitrogen and oxygen atoms in total. The van der Waals surface area contributed by atoms with E-state index in [4.69, 9.17) is 4.42 Å². The Morgan fingerprint density at radius 3 is 2.71 bits per heavy atom. The third kappa shape index (κ3) is 3.86. The van der Waals surface area contributed by atoms with E-state index in [0.29, 0.717) is 11.7 Å². The Morgan fingerprint density at radius 2 is 2.00 bits per heavy atom. The summed E-state index contributed by atoms with van der Waals surface area (Å²) in [6.07, 6.45) is 1.59. The smallest absolute Gasteiger partial charge is 0.230 e. The van der Waals surface area contributed by atoms with Crippen LogP contribution in [0.5, 0.6) is 0 Å². The van der Waals surface area contributed by atoms with Crippen molar-refractivity contribution in [1.82, 2.24) is 20.1 Å². The van der Waals surface area contributed by atoms with E-state index in [9.17, 15) is 4.79 Å². The number of furan rings is 1. The van der Waals surface area contributed by atoms with Gasteiger partial charge in [0.15, 0.2) is 5.16 Å². The normalized spacial score (nSPS) is 10.8. The largest absolute Gasteiger partial charge is 0.467 e. The van der Waals surface area contributed by atoms with Gasteiger partial charge in [-0.3, -0.25) is 9.36 Å². The minimum atomic E-state index is -0.0764. The first-order chi connectivity index (χ1) is 11.6. The van der Waals surface area contributed by atoms with Gasteiger partial charge in [-0.15, -0.1) is 10.2 Å². The number of hydrogen-bond acceptors (Lipinski definition) is 5. The Hall–Kier alpha value is -2.54. The van der Waals surface area contributed by atoms with Crippen LogP contribution < -0.4 is 5.32 Å². The number of aromatic nitrogens is 3. The van der Waals surface area contributed by atoms with Gasteiger partial charge in [0.05, 0.1) is 18.6 Å². The van der Waals surface area contributed by atoms with Crippen LogP contribution in [0.3, 0.4) is 0 Å². The lowest BCUT2D eigenvalue weighted by atomic mass is 10.2. The summed E-state index contributed by atoms with van der Waals surface area (Å²) in [6, 6.07) is 11.7. The highest BCUT2D eigenvalue weighted by atomic mass is 32.2. The van der Waals surface area contributed by atoms with E-state index >= 15 is 0 Å². The van der Waals surface area contributed by atoms with Gasteiger partial charge in [-0.25, -0.2) is 0 Å². The van der Waals surface area contributed by atoms with Gasteiger partial charge in [0, 0.05) is 5.69 Å². The van der Waals surface area contributed by atoms with Gasteiger partial charge >= 0.3 is 0 Å². The molecule has 2 aromatic heterocycles. The van der Waals surface area contributed by atoms with Crippen LogP contribution in [0, 0.1) is 13.8 Å². The summed E-state index contributed by atoms with van der Waals surface area (Å²) in [6.45, 7) is 4.33. The van der Waals surface area contributed by atoms with Gasteiger partial charge in [-0.1, -0.05) is 29.5 Å². The van der Waals surface area contributed by atoms with E-state index in [2.05, 4.69) is 15.5 Å². The van der Waals surface area contributed by atoms with Gasteiger partial charge in [0.2, 0.25) is 5.91 Å². The van der Waals surface area contributed by atoms with Crippen molar-refractivity contribution < 1.29 is 9.21 Å². The van der Waals surface area contributed by atoms with Crippen LogP contribution in [-0.4, -0.2) is 26.4 Å². The van der Waals surface area contributed by atoms with Crippen molar-refractivity contribution in [2.75, 3.05) is 5.75 Å². The number of aryl methyl sites for hydroxylation is 2. The molecule has 0 spiro atoms. The predicted octanol–water partition coefficient (Wildman–Crippen LogP) is 2.89. The molecule has 0 saturated carbocycles. The first-order valence-electron chi connectivity index (χ1n) is 7.54. The molecule has 3 rings (SSSR count). The summed E-state index contributed by atoms with van der Waals surface area (Å²) in [4.78, 5) is 12.0. The fraction of sp³-hybridized carbons (Fsp3) is 0.235. The van der Waals surface area contributed by atoms with Crippen molar-refractivity contribution in [2.24, 2.45) is 0 Å². The van der Waals surface area contributed by atoms with Crippen molar-refractivity contribution >= 4 is 17.7 Å². The van der Waals surface area contributed by atoms with Crippen molar-refractivity contribution in [3.8, 4) is 5.69 Å². The van der Waals surface area contributed by atoms with Crippen molar-refractivity contribution in [3.05, 3.63) is 59.8 Å². The minimum absolute atomic E-state index is 0.0764. The number of nitrogens with one attached hydrogen (secondary N) is 1. The fourth-order valence-electron chi connectivity index (χ4n) is 2.21. The van der Waals surface area contributed by atoms with Crippen LogP contribution in [0.2, 0.25) is 0 Å². The second-order valence-electron chi connectivity index (χ2n) is 5.35. The molecule has 0 bridgehead atoms. The van der Waals surface area contributed by atoms with Gasteiger partial charge in [-0.2, -0.15) is 0 Å². The maximum absolute atomic E-state index is 12.0. The number of carbonyl (C=O) groups is 1. The number of nitrogens with zero attached hydrogens (tertiary/aromatic N) is 3. The summed E-state index contributed by atoms with van der Waals surface area (Å²) in [5, 5.41) is 11.8. The first kappa shape index (κ1) is 16.3. The quantitative estimate of drug-likeness (QED) is 0.697. The maximum Gasteiger partial charge on any atom is 0.230 e. The fourth-order valence-corrected chi connectivity index (χ4v) is 3.03. The monoisotopic (exact) mass is 342 g/mol. The van der Waals surface area contributed by atoms with Crippen LogP contribution >= 0.6 is 11.8 Å². The molecule has 24 heavy (non-hydrogen) atoms. The minimum Gasteiger partial charge on any atom is -0.467 e. The lowest BCUT2D eigenvalue weighted by Gasteiger charge is -2.08. The van der Waals surface area contributed by atoms with Crippen LogP contribution in [0.1, 0.15) is 17.1 Å². The highest BCUT2D eigenvalue weighted by molar-refractivity contribution is 7.99. The highest BCUT2D eigenvalue weighted by Gasteiger charge is 2.13. The molecule has 3 aromatic rings. The van der Waals surface area contributed by atoms with Crippen LogP contribution in [0.4, 0.5) is 0 Å². The lowest BCUT2D eigenvalue weighted by molar-refractivity contribution is -0.118. The Morgan fingerprint density at radius 1 is 1.21 bits per heavy atom. The first-order valence-corrected chi connectivity index (χ1v) is 8.53. The zero-order valence-corrected chi connectivity index (χ0v) is 14.3. The maximum atomic E-state index is 12.0. The number of thioether (sulfide) groups is 1. The van der Waals surface area contributed by atoms with E-state index in [0.717, 1.165) is 17.3 Å². The Bertz CT molecular complexity index is 810. The number of hydrogen-bond donors (Lipinski definition) is 1. The molecule has 124 valence electrons. The molecular formula is C17H18N4O2S. The summed E-state index contributed by atoms with van der Waals surface area (Å²) >= 11 is 1.36. The van der Waals surface area contributed by atoms with E-state index in [1.54, 1.807) is 12.3 Å². The molecular weight excluding hydrogens is 324 g/mol. The van der Waals surface area contributed by atoms with Gasteiger partial charge in [0.1, 0.15) is 11.6 Å². The zero-order valence-electron chi connectivity index (χ0n) is 13.5. The average molecular weight is 342 g/mol. The summed E-state index contributed by atoms with van der Waals surface area (Å²) in [7, 11) is 0. The Labute approximate surface area is 144 Å². The molecule has 2 heterocycles. The second kappa shape index (κ2) is 7.35. The topological polar surface area (TPSA) is 73.0 Å². The van der Waals surface area contributed by atoms with E-state index in [1.165, 1.54) is 17.3 Å². The molecule has 0 aliphatic rings. The SMILES string of the molecule is Cc1ccc(-n2c(C)nnc2SCC(=O)NCc2ccco2)cc1. The predicted molar refractivity (Wildman–Crippen MR) is 92.1 cm³/mol. The van der Waals surface area contributed by atoms with Gasteiger partial charge in [0.25, 0.3) is 0 Å². The molecule has 0 aliphatic heterocycles. The van der Waals surface area contributed by atoms with Crippen molar-refractivity contribution in [1.29, 1.82) is 0 Å². The molecule has 0 atom stereocenters. The number of benzene rings is 1. The standard InChI is InChI=1S/C17H18N4O2S/c1-12-5-7-14(8-6-12)21-13(2)19-20-17(21)24-11-16(22)18-10-15-4-3-9-23-15/h3-9H,10-11H2,1-2H3,(H,18,22). The van der Waals surface area contributed by atoms with Crippen molar-refractivity contribution in [3.63, 3.8) is 0 Å². The Kier molecular flexibility index (Phi) is 5.00. The highest BCUT2D eigenvalue weighted by Crippen LogP contribution is 2.21. The number of amides is 1. The number of carbonyl (C=O) groups excluding carboxylic acids is 1. The third-order valence-corrected chi connectivity index (χ3v) is 4.39. The van der Waals surface area contributed by atoms with Crippen LogP contribution in [0.15, 0.2) is 52.2 Å². The average Bonchev–Trinajstić information content (AvgIpc) is 3.22. The van der Waals surface area contributed by atoms with E-state index in [1.807, 2.05) is 48.7 Å². The third-order valence-electron chi connectivity index (χ3n) is 3.46. The van der Waals surface area contributed by atoms with E-state index < -0.39 is 0 Å². The summed E-state index contributed by atoms with van der Waals surface area (Å²) in [5.74, 6) is 1.71. The molecule has 7 heteroatoms. The molecule has 0 saturated heterocycles. The summed E-state index contributed by atoms with van der Waals surface area (Å²) in [5.41, 5.74) is 2.18. The van der Waals surface area contributed by atoms with E-state index in [-0.39, 0.29) is 11.7 Å². The van der Waals surface area contributed by atoms with Crippen LogP contribution in [-0.2, 0) is 11.3 Å². The molecule has 1 aromatic carbocycles. The van der Waals surface area contributed by atoms with Crippen LogP contribution in [0.25, 0.3) is 5.69 Å². The van der Waals surface area contributed by atoms with Gasteiger partial charge < -0.3 is 9.73 Å². The molecule has 0 radical (unpaired) electrons. The zero-order chi connectivity index (χ0) is 16.9. The number of rotatable bonds is 6. The lowest BCUT2D eigenvalue weighted by Crippen LogP contribution is -2.24. The summed E-state index contributed by atoms with van der Waals surface area (Å²) < 4.78 is 7.14. The van der Waals surface area contributed by atoms with Crippen molar-refractivity contribution in [2.45, 2.75) is 25.5 Å². The molecule has 1 amide bonds. The molecule has 0 unspecified atom stereocenters. The second-order valence-corrected chi connectivity index (χ2v) is 6.29. The molecule has 0 fully saturated rings. The molecule has 1 N–H and O–H groups in total. The molecule has 0 aliphatic carbocycles. The Balaban J connectivity index is 1.63.